The molecule has 0 saturated carbocycles. The summed E-state index contributed by atoms with van der Waals surface area (Å²) in [5, 5.41) is 19.1. The molecule has 2 N–H and O–H groups in total. The molecule has 0 radical (unpaired) electrons. The lowest BCUT2D eigenvalue weighted by Gasteiger charge is -2.35. The molecule has 2 heterocycles. The fourth-order valence-electron chi connectivity index (χ4n) is 2.31. The van der Waals surface area contributed by atoms with E-state index in [2.05, 4.69) is 0 Å². The van der Waals surface area contributed by atoms with Crippen LogP contribution in [0.15, 0.2) is 16.5 Å². The molecule has 0 bridgehead atoms. The van der Waals surface area contributed by atoms with Crippen molar-refractivity contribution in [2.75, 3.05) is 26.8 Å². The molecule has 1 saturated heterocycles. The van der Waals surface area contributed by atoms with Gasteiger partial charge in [0, 0.05) is 32.6 Å². The average molecular weight is 269 g/mol. The van der Waals surface area contributed by atoms with Gasteiger partial charge in [0.15, 0.2) is 0 Å². The lowest BCUT2D eigenvalue weighted by atomic mass is 9.94. The zero-order valence-corrected chi connectivity index (χ0v) is 11.0. The number of furan rings is 1. The Bertz CT molecular complexity index is 436. The zero-order chi connectivity index (χ0) is 13.9. The van der Waals surface area contributed by atoms with Crippen LogP contribution < -0.4 is 0 Å². The molecular formula is C13H19NO5. The van der Waals surface area contributed by atoms with Crippen molar-refractivity contribution < 1.29 is 24.2 Å². The Balaban J connectivity index is 1.89. The van der Waals surface area contributed by atoms with E-state index < -0.39 is 11.6 Å². The Kier molecular flexibility index (Phi) is 4.24. The lowest BCUT2D eigenvalue weighted by molar-refractivity contribution is -0.0782. The van der Waals surface area contributed by atoms with Crippen LogP contribution in [-0.2, 0) is 11.3 Å². The van der Waals surface area contributed by atoms with Gasteiger partial charge in [-0.05, 0) is 19.2 Å². The molecule has 0 unspecified atom stereocenters. The first-order chi connectivity index (χ1) is 8.98. The number of carboxylic acids is 1. The van der Waals surface area contributed by atoms with Crippen molar-refractivity contribution in [2.24, 2.45) is 0 Å². The van der Waals surface area contributed by atoms with Crippen LogP contribution in [0.2, 0.25) is 0 Å². The van der Waals surface area contributed by atoms with Gasteiger partial charge >= 0.3 is 5.97 Å². The van der Waals surface area contributed by atoms with Crippen LogP contribution >= 0.6 is 0 Å². The molecule has 1 aromatic rings. The number of carbonyl (C=O) groups is 1. The topological polar surface area (TPSA) is 83.1 Å². The van der Waals surface area contributed by atoms with Crippen molar-refractivity contribution in [2.45, 2.75) is 25.0 Å². The number of aliphatic hydroxyl groups is 1. The summed E-state index contributed by atoms with van der Waals surface area (Å²) in [7, 11) is 1.87. The maximum atomic E-state index is 10.7. The highest BCUT2D eigenvalue weighted by Crippen LogP contribution is 2.22. The third-order valence-corrected chi connectivity index (χ3v) is 3.29. The van der Waals surface area contributed by atoms with Crippen molar-refractivity contribution in [1.82, 2.24) is 4.90 Å². The summed E-state index contributed by atoms with van der Waals surface area (Å²) >= 11 is 0. The van der Waals surface area contributed by atoms with Crippen LogP contribution in [0.25, 0.3) is 0 Å². The number of rotatable bonds is 5. The number of hydrogen-bond acceptors (Lipinski definition) is 5. The Morgan fingerprint density at radius 2 is 2.11 bits per heavy atom. The smallest absolute Gasteiger partial charge is 0.371 e. The molecule has 19 heavy (non-hydrogen) atoms. The van der Waals surface area contributed by atoms with Gasteiger partial charge in [0.05, 0.1) is 12.1 Å². The highest BCUT2D eigenvalue weighted by Gasteiger charge is 2.31. The Morgan fingerprint density at radius 3 is 2.68 bits per heavy atom. The van der Waals surface area contributed by atoms with Crippen LogP contribution in [0.5, 0.6) is 0 Å². The van der Waals surface area contributed by atoms with E-state index in [4.69, 9.17) is 14.3 Å². The average Bonchev–Trinajstić information content (AvgIpc) is 2.77. The molecule has 1 fully saturated rings. The number of ether oxygens (including phenoxy) is 1. The van der Waals surface area contributed by atoms with Crippen molar-refractivity contribution in [3.05, 3.63) is 23.7 Å². The van der Waals surface area contributed by atoms with Gasteiger partial charge in [-0.2, -0.15) is 0 Å². The number of likely N-dealkylation sites (N-methyl/N-ethyl adjacent to an activating group) is 1. The summed E-state index contributed by atoms with van der Waals surface area (Å²) in [5.41, 5.74) is -0.727. The van der Waals surface area contributed by atoms with E-state index >= 15 is 0 Å². The van der Waals surface area contributed by atoms with Gasteiger partial charge in [0.2, 0.25) is 5.76 Å². The highest BCUT2D eigenvalue weighted by atomic mass is 16.5. The number of carboxylic acid groups (broad SMARTS) is 1. The predicted octanol–water partition coefficient (Wildman–Crippen LogP) is 0.951. The Labute approximate surface area is 111 Å². The highest BCUT2D eigenvalue weighted by molar-refractivity contribution is 5.84. The minimum absolute atomic E-state index is 0.0619. The molecule has 2 rings (SSSR count). The van der Waals surface area contributed by atoms with Gasteiger partial charge in [0.25, 0.3) is 0 Å². The largest absolute Gasteiger partial charge is 0.475 e. The molecule has 6 heteroatoms. The molecule has 0 amide bonds. The fourth-order valence-corrected chi connectivity index (χ4v) is 2.31. The van der Waals surface area contributed by atoms with Gasteiger partial charge < -0.3 is 19.4 Å². The van der Waals surface area contributed by atoms with E-state index in [1.54, 1.807) is 6.07 Å². The van der Waals surface area contributed by atoms with E-state index in [9.17, 15) is 9.90 Å². The number of aromatic carboxylic acids is 1. The molecule has 0 atom stereocenters. The zero-order valence-electron chi connectivity index (χ0n) is 11.0. The van der Waals surface area contributed by atoms with Crippen molar-refractivity contribution >= 4 is 5.97 Å². The summed E-state index contributed by atoms with van der Waals surface area (Å²) in [6.07, 6.45) is 1.24. The predicted molar refractivity (Wildman–Crippen MR) is 67.0 cm³/mol. The second kappa shape index (κ2) is 5.73. The van der Waals surface area contributed by atoms with Gasteiger partial charge in [-0.1, -0.05) is 0 Å². The second-order valence-electron chi connectivity index (χ2n) is 5.08. The molecule has 6 nitrogen and oxygen atoms in total. The van der Waals surface area contributed by atoms with Crippen LogP contribution in [0.1, 0.15) is 29.2 Å². The standard InChI is InChI=1S/C13H19NO5/c1-14(9-13(17)4-6-18-7-5-13)8-10-2-3-11(19-10)12(15)16/h2-3,17H,4-9H2,1H3,(H,15,16). The monoisotopic (exact) mass is 269 g/mol. The summed E-state index contributed by atoms with van der Waals surface area (Å²) in [5.74, 6) is -0.555. The minimum Gasteiger partial charge on any atom is -0.475 e. The summed E-state index contributed by atoms with van der Waals surface area (Å²) in [4.78, 5) is 12.6. The van der Waals surface area contributed by atoms with E-state index in [0.29, 0.717) is 44.9 Å². The summed E-state index contributed by atoms with van der Waals surface area (Å²) in [6, 6.07) is 3.09. The summed E-state index contributed by atoms with van der Waals surface area (Å²) < 4.78 is 10.4. The van der Waals surface area contributed by atoms with Gasteiger partial charge in [-0.15, -0.1) is 0 Å². The fraction of sp³-hybridized carbons (Fsp3) is 0.615. The molecule has 1 aromatic heterocycles. The number of hydrogen-bond donors (Lipinski definition) is 2. The Hall–Kier alpha value is -1.37. The molecule has 1 aliphatic rings. The van der Waals surface area contributed by atoms with Crippen molar-refractivity contribution in [1.29, 1.82) is 0 Å². The van der Waals surface area contributed by atoms with Gasteiger partial charge in [0.1, 0.15) is 5.76 Å². The SMILES string of the molecule is CN(Cc1ccc(C(=O)O)o1)CC1(O)CCOCC1. The van der Waals surface area contributed by atoms with Gasteiger partial charge in [-0.3, -0.25) is 4.90 Å². The molecular weight excluding hydrogens is 250 g/mol. The van der Waals surface area contributed by atoms with Crippen molar-refractivity contribution in [3.8, 4) is 0 Å². The molecule has 1 aliphatic heterocycles. The maximum absolute atomic E-state index is 10.7. The third kappa shape index (κ3) is 3.79. The van der Waals surface area contributed by atoms with Crippen LogP contribution in [0.3, 0.4) is 0 Å². The minimum atomic E-state index is -1.07. The second-order valence-corrected chi connectivity index (χ2v) is 5.08. The van der Waals surface area contributed by atoms with Crippen LogP contribution in [0, 0.1) is 0 Å². The first kappa shape index (κ1) is 14.0. The summed E-state index contributed by atoms with van der Waals surface area (Å²) in [6.45, 7) is 2.14. The van der Waals surface area contributed by atoms with Crippen molar-refractivity contribution in [3.63, 3.8) is 0 Å². The van der Waals surface area contributed by atoms with Crippen LogP contribution in [-0.4, -0.2) is 53.5 Å². The normalized spacial score (nSPS) is 18.7. The van der Waals surface area contributed by atoms with Crippen LogP contribution in [0.4, 0.5) is 0 Å². The molecule has 0 spiro atoms. The molecule has 0 aliphatic carbocycles. The van der Waals surface area contributed by atoms with E-state index in [1.165, 1.54) is 6.07 Å². The quantitative estimate of drug-likeness (QED) is 0.828. The first-order valence-electron chi connectivity index (χ1n) is 6.29. The van der Waals surface area contributed by atoms with Gasteiger partial charge in [-0.25, -0.2) is 4.79 Å². The van der Waals surface area contributed by atoms with E-state index in [-0.39, 0.29) is 5.76 Å². The van der Waals surface area contributed by atoms with E-state index in [0.717, 1.165) is 0 Å². The lowest BCUT2D eigenvalue weighted by Crippen LogP contribution is -2.45. The third-order valence-electron chi connectivity index (χ3n) is 3.29. The molecule has 0 aromatic carbocycles. The maximum Gasteiger partial charge on any atom is 0.371 e. The number of nitrogens with zero attached hydrogens (tertiary/aromatic N) is 1. The first-order valence-corrected chi connectivity index (χ1v) is 6.29. The molecule has 106 valence electrons. The van der Waals surface area contributed by atoms with E-state index in [1.807, 2.05) is 11.9 Å². The Morgan fingerprint density at radius 1 is 1.42 bits per heavy atom.